The van der Waals surface area contributed by atoms with E-state index in [1.807, 2.05) is 38.1 Å². The molecule has 0 bridgehead atoms. The molecule has 0 aliphatic carbocycles. The van der Waals surface area contributed by atoms with Gasteiger partial charge < -0.3 is 19.9 Å². The van der Waals surface area contributed by atoms with Gasteiger partial charge in [-0.05, 0) is 38.1 Å². The van der Waals surface area contributed by atoms with E-state index in [0.717, 1.165) is 11.5 Å². The van der Waals surface area contributed by atoms with Crippen molar-refractivity contribution < 1.29 is 19.4 Å². The minimum absolute atomic E-state index is 0.0526. The van der Waals surface area contributed by atoms with Gasteiger partial charge in [-0.2, -0.15) is 0 Å². The van der Waals surface area contributed by atoms with Crippen molar-refractivity contribution in [3.63, 3.8) is 0 Å². The fraction of sp³-hybridized carbons (Fsp3) is 0.462. The maximum atomic E-state index is 10.4. The summed E-state index contributed by atoms with van der Waals surface area (Å²) in [7, 11) is 1.61. The molecule has 0 radical (unpaired) electrons. The molecule has 0 saturated heterocycles. The fourth-order valence-corrected chi connectivity index (χ4v) is 1.39. The van der Waals surface area contributed by atoms with Crippen LogP contribution in [0.2, 0.25) is 0 Å². The highest BCUT2D eigenvalue weighted by atomic mass is 16.5. The zero-order chi connectivity index (χ0) is 13.5. The predicted molar refractivity (Wildman–Crippen MR) is 68.2 cm³/mol. The first-order valence-corrected chi connectivity index (χ1v) is 5.79. The molecule has 0 aliphatic heterocycles. The molecule has 1 unspecified atom stereocenters. The van der Waals surface area contributed by atoms with E-state index in [0.29, 0.717) is 0 Å². The minimum atomic E-state index is -0.876. The summed E-state index contributed by atoms with van der Waals surface area (Å²) < 4.78 is 10.8. The van der Waals surface area contributed by atoms with Crippen LogP contribution in [0, 0.1) is 0 Å². The van der Waals surface area contributed by atoms with Gasteiger partial charge in [0, 0.05) is 6.04 Å². The molecule has 5 nitrogen and oxygen atoms in total. The molecule has 5 heteroatoms. The van der Waals surface area contributed by atoms with Crippen molar-refractivity contribution in [1.29, 1.82) is 0 Å². The Hall–Kier alpha value is -1.75. The SMILES string of the molecule is COc1ccc(OC(C)[C@@H](C)NCC(=O)O)cc1. The molecule has 2 N–H and O–H groups in total. The number of hydrogen-bond acceptors (Lipinski definition) is 4. The van der Waals surface area contributed by atoms with Gasteiger partial charge in [0.15, 0.2) is 0 Å². The van der Waals surface area contributed by atoms with Gasteiger partial charge in [0.2, 0.25) is 0 Å². The molecule has 0 saturated carbocycles. The second-order valence-corrected chi connectivity index (χ2v) is 4.06. The molecule has 1 rings (SSSR count). The third-order valence-corrected chi connectivity index (χ3v) is 2.66. The van der Waals surface area contributed by atoms with Crippen molar-refractivity contribution in [2.24, 2.45) is 0 Å². The largest absolute Gasteiger partial charge is 0.497 e. The summed E-state index contributed by atoms with van der Waals surface area (Å²) in [6.07, 6.45) is -0.127. The summed E-state index contributed by atoms with van der Waals surface area (Å²) in [5.41, 5.74) is 0. The number of aliphatic carboxylic acids is 1. The van der Waals surface area contributed by atoms with Gasteiger partial charge in [-0.3, -0.25) is 4.79 Å². The summed E-state index contributed by atoms with van der Waals surface area (Å²) in [6.45, 7) is 3.71. The van der Waals surface area contributed by atoms with E-state index in [4.69, 9.17) is 14.6 Å². The Balaban J connectivity index is 2.47. The van der Waals surface area contributed by atoms with Crippen molar-refractivity contribution in [2.75, 3.05) is 13.7 Å². The van der Waals surface area contributed by atoms with E-state index < -0.39 is 5.97 Å². The van der Waals surface area contributed by atoms with E-state index in [1.54, 1.807) is 7.11 Å². The van der Waals surface area contributed by atoms with Crippen LogP contribution in [-0.4, -0.2) is 36.9 Å². The number of rotatable bonds is 7. The van der Waals surface area contributed by atoms with Gasteiger partial charge in [-0.25, -0.2) is 0 Å². The number of carbonyl (C=O) groups is 1. The Morgan fingerprint density at radius 1 is 1.28 bits per heavy atom. The standard InChI is InChI=1S/C13H19NO4/c1-9(14-8-13(15)16)10(2)18-12-6-4-11(17-3)5-7-12/h4-7,9-10,14H,8H2,1-3H3,(H,15,16)/t9-,10?/m1/s1. The van der Waals surface area contributed by atoms with Crippen LogP contribution < -0.4 is 14.8 Å². The highest BCUT2D eigenvalue weighted by molar-refractivity contribution is 5.69. The van der Waals surface area contributed by atoms with Crippen molar-refractivity contribution in [3.8, 4) is 11.5 Å². The Bertz CT molecular complexity index is 377. The molecule has 18 heavy (non-hydrogen) atoms. The van der Waals surface area contributed by atoms with Crippen molar-refractivity contribution in [3.05, 3.63) is 24.3 Å². The van der Waals surface area contributed by atoms with Crippen LogP contribution in [0.3, 0.4) is 0 Å². The van der Waals surface area contributed by atoms with Gasteiger partial charge >= 0.3 is 5.97 Å². The monoisotopic (exact) mass is 253 g/mol. The summed E-state index contributed by atoms with van der Waals surface area (Å²) in [6, 6.07) is 7.22. The first-order valence-electron chi connectivity index (χ1n) is 5.79. The van der Waals surface area contributed by atoms with Crippen LogP contribution in [0.4, 0.5) is 0 Å². The Morgan fingerprint density at radius 2 is 1.83 bits per heavy atom. The average molecular weight is 253 g/mol. The predicted octanol–water partition coefficient (Wildman–Crippen LogP) is 1.53. The number of benzene rings is 1. The van der Waals surface area contributed by atoms with E-state index >= 15 is 0 Å². The van der Waals surface area contributed by atoms with Gasteiger partial charge in [0.25, 0.3) is 0 Å². The lowest BCUT2D eigenvalue weighted by Gasteiger charge is -2.22. The summed E-state index contributed by atoms with van der Waals surface area (Å²) in [5.74, 6) is 0.623. The lowest BCUT2D eigenvalue weighted by molar-refractivity contribution is -0.136. The summed E-state index contributed by atoms with van der Waals surface area (Å²) >= 11 is 0. The molecule has 0 aromatic heterocycles. The quantitative estimate of drug-likeness (QED) is 0.771. The van der Waals surface area contributed by atoms with Crippen molar-refractivity contribution in [2.45, 2.75) is 26.0 Å². The summed E-state index contributed by atoms with van der Waals surface area (Å²) in [4.78, 5) is 10.4. The number of methoxy groups -OCH3 is 1. The first kappa shape index (κ1) is 14.3. The molecule has 1 aromatic rings. The highest BCUT2D eigenvalue weighted by Crippen LogP contribution is 2.18. The first-order chi connectivity index (χ1) is 8.52. The third kappa shape index (κ3) is 4.63. The molecular weight excluding hydrogens is 234 g/mol. The maximum Gasteiger partial charge on any atom is 0.317 e. The molecule has 0 heterocycles. The summed E-state index contributed by atoms with van der Waals surface area (Å²) in [5, 5.41) is 11.4. The van der Waals surface area contributed by atoms with Crippen LogP contribution in [0.5, 0.6) is 11.5 Å². The van der Waals surface area contributed by atoms with Gasteiger partial charge in [-0.15, -0.1) is 0 Å². The number of carboxylic acid groups (broad SMARTS) is 1. The molecule has 2 atom stereocenters. The zero-order valence-corrected chi connectivity index (χ0v) is 10.8. The molecule has 0 aliphatic rings. The maximum absolute atomic E-state index is 10.4. The number of ether oxygens (including phenoxy) is 2. The Morgan fingerprint density at radius 3 is 2.33 bits per heavy atom. The van der Waals surface area contributed by atoms with E-state index in [2.05, 4.69) is 5.32 Å². The molecular formula is C13H19NO4. The number of hydrogen-bond donors (Lipinski definition) is 2. The third-order valence-electron chi connectivity index (χ3n) is 2.66. The number of carboxylic acids is 1. The molecule has 0 fully saturated rings. The van der Waals surface area contributed by atoms with E-state index in [1.165, 1.54) is 0 Å². The topological polar surface area (TPSA) is 67.8 Å². The molecule has 100 valence electrons. The fourth-order valence-electron chi connectivity index (χ4n) is 1.39. The van der Waals surface area contributed by atoms with E-state index in [9.17, 15) is 4.79 Å². The van der Waals surface area contributed by atoms with Gasteiger partial charge in [-0.1, -0.05) is 0 Å². The Labute approximate surface area is 107 Å². The van der Waals surface area contributed by atoms with Gasteiger partial charge in [0.05, 0.1) is 13.7 Å². The minimum Gasteiger partial charge on any atom is -0.497 e. The molecule has 0 spiro atoms. The Kier molecular flexibility index (Phi) is 5.45. The van der Waals surface area contributed by atoms with Crippen molar-refractivity contribution in [1.82, 2.24) is 5.32 Å². The van der Waals surface area contributed by atoms with Gasteiger partial charge in [0.1, 0.15) is 17.6 Å². The van der Waals surface area contributed by atoms with Crippen LogP contribution >= 0.6 is 0 Å². The van der Waals surface area contributed by atoms with Crippen LogP contribution in [-0.2, 0) is 4.79 Å². The smallest absolute Gasteiger partial charge is 0.317 e. The van der Waals surface area contributed by atoms with Crippen molar-refractivity contribution >= 4 is 5.97 Å². The van der Waals surface area contributed by atoms with E-state index in [-0.39, 0.29) is 18.7 Å². The van der Waals surface area contributed by atoms with Crippen LogP contribution in [0.25, 0.3) is 0 Å². The second-order valence-electron chi connectivity index (χ2n) is 4.06. The lowest BCUT2D eigenvalue weighted by Crippen LogP contribution is -2.41. The van der Waals surface area contributed by atoms with Crippen LogP contribution in [0.15, 0.2) is 24.3 Å². The number of nitrogens with one attached hydrogen (secondary N) is 1. The zero-order valence-electron chi connectivity index (χ0n) is 10.8. The van der Waals surface area contributed by atoms with Crippen LogP contribution in [0.1, 0.15) is 13.8 Å². The second kappa shape index (κ2) is 6.86. The lowest BCUT2D eigenvalue weighted by atomic mass is 10.2. The normalized spacial score (nSPS) is 13.7. The highest BCUT2D eigenvalue weighted by Gasteiger charge is 2.14. The average Bonchev–Trinajstić information content (AvgIpc) is 2.36. The molecule has 1 aromatic carbocycles. The molecule has 0 amide bonds.